The number of carbonyl (C=O) groups is 4. The molecule has 0 aromatic carbocycles. The van der Waals surface area contributed by atoms with Crippen LogP contribution in [-0.4, -0.2) is 47.9 Å². The van der Waals surface area contributed by atoms with Gasteiger partial charge < -0.3 is 9.47 Å². The number of hydrogen-bond donors (Lipinski definition) is 0. The molecule has 118 valence electrons. The van der Waals surface area contributed by atoms with Gasteiger partial charge in [0.2, 0.25) is 11.8 Å². The minimum absolute atomic E-state index is 0.0560. The van der Waals surface area contributed by atoms with Gasteiger partial charge in [0.25, 0.3) is 0 Å². The second kappa shape index (κ2) is 8.39. The highest BCUT2D eigenvalue weighted by Gasteiger charge is 2.41. The van der Waals surface area contributed by atoms with E-state index < -0.39 is 29.8 Å². The van der Waals surface area contributed by atoms with Gasteiger partial charge in [-0.25, -0.2) is 4.79 Å². The Bertz CT molecular complexity index is 404. The van der Waals surface area contributed by atoms with Crippen LogP contribution in [0.4, 0.5) is 0 Å². The molecule has 1 unspecified atom stereocenters. The van der Waals surface area contributed by atoms with Crippen molar-refractivity contribution >= 4 is 23.8 Å². The Labute approximate surface area is 123 Å². The highest BCUT2D eigenvalue weighted by Crippen LogP contribution is 2.19. The summed E-state index contributed by atoms with van der Waals surface area (Å²) in [5.41, 5.74) is 0. The maximum absolute atomic E-state index is 12.0. The van der Waals surface area contributed by atoms with Crippen LogP contribution < -0.4 is 0 Å². The smallest absolute Gasteiger partial charge is 0.329 e. The fraction of sp³-hybridized carbons (Fsp3) is 0.714. The molecule has 1 saturated heterocycles. The molecule has 0 radical (unpaired) electrons. The molecule has 21 heavy (non-hydrogen) atoms. The molecule has 1 aliphatic heterocycles. The van der Waals surface area contributed by atoms with Crippen molar-refractivity contribution < 1.29 is 28.7 Å². The number of nitrogens with zero attached hydrogens (tertiary/aromatic N) is 1. The molecule has 1 atom stereocenters. The van der Waals surface area contributed by atoms with E-state index >= 15 is 0 Å². The lowest BCUT2D eigenvalue weighted by atomic mass is 10.2. The van der Waals surface area contributed by atoms with Crippen LogP contribution >= 0.6 is 0 Å². The number of likely N-dealkylation sites (tertiary alicyclic amines) is 1. The van der Waals surface area contributed by atoms with Gasteiger partial charge >= 0.3 is 11.9 Å². The summed E-state index contributed by atoms with van der Waals surface area (Å²) >= 11 is 0. The fourth-order valence-electron chi connectivity index (χ4n) is 1.95. The van der Waals surface area contributed by atoms with Crippen molar-refractivity contribution in [3.8, 4) is 0 Å². The lowest BCUT2D eigenvalue weighted by Crippen LogP contribution is -2.46. The van der Waals surface area contributed by atoms with Crippen LogP contribution in [0.1, 0.15) is 46.0 Å². The molecular formula is C14H21NO6. The highest BCUT2D eigenvalue weighted by molar-refractivity contribution is 6.05. The van der Waals surface area contributed by atoms with Crippen molar-refractivity contribution in [1.29, 1.82) is 0 Å². The molecule has 0 aliphatic carbocycles. The third-order valence-corrected chi connectivity index (χ3v) is 2.95. The van der Waals surface area contributed by atoms with Gasteiger partial charge in [-0.3, -0.25) is 19.3 Å². The second-order valence-electron chi connectivity index (χ2n) is 4.77. The second-order valence-corrected chi connectivity index (χ2v) is 4.77. The van der Waals surface area contributed by atoms with E-state index in [4.69, 9.17) is 9.47 Å². The Morgan fingerprint density at radius 2 is 1.57 bits per heavy atom. The number of imide groups is 1. The summed E-state index contributed by atoms with van der Waals surface area (Å²) in [6, 6.07) is -1.22. The first kappa shape index (κ1) is 17.1. The van der Waals surface area contributed by atoms with Gasteiger partial charge in [0.05, 0.1) is 19.6 Å². The Hall–Kier alpha value is -1.92. The predicted octanol–water partition coefficient (Wildman–Crippen LogP) is 0.800. The van der Waals surface area contributed by atoms with Crippen LogP contribution in [0.2, 0.25) is 0 Å². The Kier molecular flexibility index (Phi) is 6.84. The van der Waals surface area contributed by atoms with Gasteiger partial charge in [-0.1, -0.05) is 13.8 Å². The molecule has 1 fully saturated rings. The molecule has 2 amide bonds. The topological polar surface area (TPSA) is 90.0 Å². The van der Waals surface area contributed by atoms with Gasteiger partial charge in [0.1, 0.15) is 6.04 Å². The van der Waals surface area contributed by atoms with Crippen LogP contribution in [0.15, 0.2) is 0 Å². The minimum atomic E-state index is -1.22. The zero-order valence-electron chi connectivity index (χ0n) is 12.4. The standard InChI is InChI=1S/C14H21NO6/c1-3-7-20-13(18)9-10(14(19)21-8-4-2)15-11(16)5-6-12(15)17/h10H,3-9H2,1-2H3. The molecular weight excluding hydrogens is 278 g/mol. The van der Waals surface area contributed by atoms with Crippen LogP contribution in [0, 0.1) is 0 Å². The monoisotopic (exact) mass is 299 g/mol. The maximum Gasteiger partial charge on any atom is 0.329 e. The summed E-state index contributed by atoms with van der Waals surface area (Å²) in [7, 11) is 0. The lowest BCUT2D eigenvalue weighted by Gasteiger charge is -2.23. The summed E-state index contributed by atoms with van der Waals surface area (Å²) in [6.45, 7) is 4.07. The van der Waals surface area contributed by atoms with Crippen LogP contribution in [0.3, 0.4) is 0 Å². The molecule has 1 rings (SSSR count). The van der Waals surface area contributed by atoms with Crippen molar-refractivity contribution in [3.63, 3.8) is 0 Å². The molecule has 0 spiro atoms. The van der Waals surface area contributed by atoms with Crippen LogP contribution in [0.5, 0.6) is 0 Å². The summed E-state index contributed by atoms with van der Waals surface area (Å²) in [4.78, 5) is 48.0. The molecule has 0 saturated carbocycles. The first-order chi connectivity index (χ1) is 10.0. The number of esters is 2. The number of amides is 2. The molecule has 0 N–H and O–H groups in total. The average molecular weight is 299 g/mol. The molecule has 7 nitrogen and oxygen atoms in total. The summed E-state index contributed by atoms with van der Waals surface area (Å²) in [5, 5.41) is 0. The van der Waals surface area contributed by atoms with Crippen molar-refractivity contribution in [2.75, 3.05) is 13.2 Å². The minimum Gasteiger partial charge on any atom is -0.466 e. The van der Waals surface area contributed by atoms with E-state index in [1.54, 1.807) is 0 Å². The van der Waals surface area contributed by atoms with Gasteiger partial charge in [-0.15, -0.1) is 0 Å². The average Bonchev–Trinajstić information content (AvgIpc) is 2.79. The first-order valence-corrected chi connectivity index (χ1v) is 7.18. The molecule has 1 heterocycles. The first-order valence-electron chi connectivity index (χ1n) is 7.18. The van der Waals surface area contributed by atoms with Gasteiger partial charge in [-0.2, -0.15) is 0 Å². The Morgan fingerprint density at radius 1 is 1.05 bits per heavy atom. The van der Waals surface area contributed by atoms with Crippen molar-refractivity contribution in [3.05, 3.63) is 0 Å². The van der Waals surface area contributed by atoms with Gasteiger partial charge in [-0.05, 0) is 12.8 Å². The maximum atomic E-state index is 12.0. The fourth-order valence-corrected chi connectivity index (χ4v) is 1.95. The number of rotatable bonds is 8. The Balaban J connectivity index is 2.79. The number of hydrogen-bond acceptors (Lipinski definition) is 6. The number of ether oxygens (including phenoxy) is 2. The van der Waals surface area contributed by atoms with E-state index in [2.05, 4.69) is 0 Å². The van der Waals surface area contributed by atoms with E-state index in [1.807, 2.05) is 13.8 Å². The molecule has 0 bridgehead atoms. The molecule has 0 aromatic heterocycles. The quantitative estimate of drug-likeness (QED) is 0.486. The zero-order valence-corrected chi connectivity index (χ0v) is 12.4. The summed E-state index contributed by atoms with van der Waals surface area (Å²) in [5.74, 6) is -2.28. The summed E-state index contributed by atoms with van der Waals surface area (Å²) in [6.07, 6.45) is 1.01. The van der Waals surface area contributed by atoms with E-state index in [0.717, 1.165) is 4.90 Å². The summed E-state index contributed by atoms with van der Waals surface area (Å²) < 4.78 is 9.89. The van der Waals surface area contributed by atoms with E-state index in [-0.39, 0.29) is 32.5 Å². The van der Waals surface area contributed by atoms with Gasteiger partial charge in [0.15, 0.2) is 0 Å². The van der Waals surface area contributed by atoms with Crippen LogP contribution in [0.25, 0.3) is 0 Å². The predicted molar refractivity (Wildman–Crippen MR) is 72.0 cm³/mol. The zero-order chi connectivity index (χ0) is 15.8. The third kappa shape index (κ3) is 4.84. The SMILES string of the molecule is CCCOC(=O)CC(C(=O)OCCC)N1C(=O)CCC1=O. The van der Waals surface area contributed by atoms with E-state index in [9.17, 15) is 19.2 Å². The van der Waals surface area contributed by atoms with E-state index in [1.165, 1.54) is 0 Å². The Morgan fingerprint density at radius 3 is 2.10 bits per heavy atom. The normalized spacial score (nSPS) is 16.0. The molecule has 7 heteroatoms. The lowest BCUT2D eigenvalue weighted by molar-refractivity contribution is -0.162. The van der Waals surface area contributed by atoms with Crippen molar-refractivity contribution in [2.45, 2.75) is 52.0 Å². The molecule has 0 aromatic rings. The van der Waals surface area contributed by atoms with Gasteiger partial charge in [0, 0.05) is 12.8 Å². The largest absolute Gasteiger partial charge is 0.466 e. The molecule has 1 aliphatic rings. The third-order valence-electron chi connectivity index (χ3n) is 2.95. The van der Waals surface area contributed by atoms with Crippen LogP contribution in [-0.2, 0) is 28.7 Å². The van der Waals surface area contributed by atoms with Crippen molar-refractivity contribution in [1.82, 2.24) is 4.90 Å². The van der Waals surface area contributed by atoms with Crippen molar-refractivity contribution in [2.24, 2.45) is 0 Å². The van der Waals surface area contributed by atoms with E-state index in [0.29, 0.717) is 12.8 Å². The highest BCUT2D eigenvalue weighted by atomic mass is 16.5. The number of carbonyl (C=O) groups excluding carboxylic acids is 4.